The van der Waals surface area contributed by atoms with Gasteiger partial charge >= 0.3 is 0 Å². The van der Waals surface area contributed by atoms with Gasteiger partial charge in [0.2, 0.25) is 17.8 Å². The molecule has 11 nitrogen and oxygen atoms in total. The summed E-state index contributed by atoms with van der Waals surface area (Å²) in [5, 5.41) is 3.17. The minimum atomic E-state index is 0.0620. The first kappa shape index (κ1) is 20.2. The Balaban J connectivity index is 1.52. The van der Waals surface area contributed by atoms with Crippen molar-refractivity contribution in [2.75, 3.05) is 82.0 Å². The summed E-state index contributed by atoms with van der Waals surface area (Å²) < 4.78 is 5.43. The molecule has 1 amide bonds. The van der Waals surface area contributed by atoms with Gasteiger partial charge < -0.3 is 30.5 Å². The van der Waals surface area contributed by atoms with Crippen LogP contribution < -0.4 is 16.0 Å². The summed E-state index contributed by atoms with van der Waals surface area (Å²) in [6, 6.07) is 1.80. The van der Waals surface area contributed by atoms with Gasteiger partial charge in [-0.05, 0) is 7.05 Å². The lowest BCUT2D eigenvalue weighted by molar-refractivity contribution is -0.130. The number of aromatic nitrogens is 4. The number of rotatable bonds is 5. The standard InChI is InChI=1S/C19H27N9O2/c1-26-2-4-27(5-3-26)17(29)13-21-16-10-15(14-11-22-18(20)23-12-14)24-19(25-16)28-6-8-30-9-7-28/h10-12H,2-9,13H2,1H3,(H2,20,22,23)(H,21,24,25). The van der Waals surface area contributed by atoms with Gasteiger partial charge in [0.05, 0.1) is 25.5 Å². The fourth-order valence-corrected chi connectivity index (χ4v) is 3.38. The molecule has 4 heterocycles. The maximum absolute atomic E-state index is 12.6. The number of anilines is 3. The first-order chi connectivity index (χ1) is 14.6. The molecule has 0 spiro atoms. The van der Waals surface area contributed by atoms with Crippen LogP contribution in [0.4, 0.5) is 17.7 Å². The molecule has 2 aromatic heterocycles. The molecule has 160 valence electrons. The maximum atomic E-state index is 12.6. The number of likely N-dealkylation sites (N-methyl/N-ethyl adjacent to an activating group) is 1. The molecule has 0 aliphatic carbocycles. The molecule has 2 fully saturated rings. The number of carbonyl (C=O) groups excluding carboxylic acids is 1. The van der Waals surface area contributed by atoms with Crippen molar-refractivity contribution in [2.24, 2.45) is 0 Å². The van der Waals surface area contributed by atoms with E-state index in [9.17, 15) is 4.79 Å². The van der Waals surface area contributed by atoms with Crippen molar-refractivity contribution in [3.63, 3.8) is 0 Å². The van der Waals surface area contributed by atoms with Crippen LogP contribution >= 0.6 is 0 Å². The van der Waals surface area contributed by atoms with Gasteiger partial charge in [-0.15, -0.1) is 0 Å². The zero-order valence-electron chi connectivity index (χ0n) is 17.1. The summed E-state index contributed by atoms with van der Waals surface area (Å²) in [6.07, 6.45) is 3.26. The van der Waals surface area contributed by atoms with Crippen LogP contribution in [0.3, 0.4) is 0 Å². The van der Waals surface area contributed by atoms with E-state index in [4.69, 9.17) is 10.5 Å². The number of hydrogen-bond donors (Lipinski definition) is 2. The second-order valence-electron chi connectivity index (χ2n) is 7.41. The van der Waals surface area contributed by atoms with Gasteiger partial charge in [-0.1, -0.05) is 0 Å². The number of hydrogen-bond acceptors (Lipinski definition) is 10. The fraction of sp³-hybridized carbons (Fsp3) is 0.526. The Kier molecular flexibility index (Phi) is 6.19. The van der Waals surface area contributed by atoms with E-state index in [1.54, 1.807) is 18.5 Å². The van der Waals surface area contributed by atoms with Crippen LogP contribution in [0.5, 0.6) is 0 Å². The molecular weight excluding hydrogens is 386 g/mol. The van der Waals surface area contributed by atoms with Crippen LogP contribution in [-0.4, -0.2) is 102 Å². The average molecular weight is 413 g/mol. The molecule has 0 radical (unpaired) electrons. The highest BCUT2D eigenvalue weighted by atomic mass is 16.5. The van der Waals surface area contributed by atoms with E-state index in [0.717, 1.165) is 31.7 Å². The first-order valence-corrected chi connectivity index (χ1v) is 10.1. The van der Waals surface area contributed by atoms with Gasteiger partial charge in [0.1, 0.15) is 5.82 Å². The van der Waals surface area contributed by atoms with Crippen molar-refractivity contribution in [3.8, 4) is 11.3 Å². The van der Waals surface area contributed by atoms with Crippen molar-refractivity contribution in [3.05, 3.63) is 18.5 Å². The third-order valence-corrected chi connectivity index (χ3v) is 5.25. The summed E-state index contributed by atoms with van der Waals surface area (Å²) >= 11 is 0. The number of amides is 1. The van der Waals surface area contributed by atoms with E-state index in [0.29, 0.717) is 43.8 Å². The smallest absolute Gasteiger partial charge is 0.242 e. The third kappa shape index (κ3) is 4.92. The summed E-state index contributed by atoms with van der Waals surface area (Å²) in [4.78, 5) is 36.2. The molecule has 2 aromatic rings. The van der Waals surface area contributed by atoms with Crippen LogP contribution in [-0.2, 0) is 9.53 Å². The van der Waals surface area contributed by atoms with E-state index >= 15 is 0 Å². The lowest BCUT2D eigenvalue weighted by Gasteiger charge is -2.32. The van der Waals surface area contributed by atoms with E-state index in [1.807, 2.05) is 4.90 Å². The molecule has 2 aliphatic rings. The van der Waals surface area contributed by atoms with E-state index in [2.05, 4.69) is 42.1 Å². The molecule has 0 unspecified atom stereocenters. The second-order valence-corrected chi connectivity index (χ2v) is 7.41. The highest BCUT2D eigenvalue weighted by molar-refractivity contribution is 5.81. The van der Waals surface area contributed by atoms with Crippen LogP contribution in [0.2, 0.25) is 0 Å². The third-order valence-electron chi connectivity index (χ3n) is 5.25. The zero-order chi connectivity index (χ0) is 20.9. The average Bonchev–Trinajstić information content (AvgIpc) is 2.79. The zero-order valence-corrected chi connectivity index (χ0v) is 17.1. The summed E-state index contributed by atoms with van der Waals surface area (Å²) in [6.45, 7) is 6.13. The highest BCUT2D eigenvalue weighted by Crippen LogP contribution is 2.23. The molecule has 11 heteroatoms. The van der Waals surface area contributed by atoms with Gasteiger partial charge in [-0.25, -0.2) is 15.0 Å². The molecule has 0 atom stereocenters. The highest BCUT2D eigenvalue weighted by Gasteiger charge is 2.20. The summed E-state index contributed by atoms with van der Waals surface area (Å²) in [5.74, 6) is 1.44. The monoisotopic (exact) mass is 413 g/mol. The number of carbonyl (C=O) groups is 1. The fourth-order valence-electron chi connectivity index (χ4n) is 3.38. The Labute approximate surface area is 175 Å². The van der Waals surface area contributed by atoms with E-state index in [1.165, 1.54) is 0 Å². The lowest BCUT2D eigenvalue weighted by Crippen LogP contribution is -2.48. The SMILES string of the molecule is CN1CCN(C(=O)CNc2cc(-c3cnc(N)nc3)nc(N3CCOCC3)n2)CC1. The van der Waals surface area contributed by atoms with Crippen LogP contribution in [0, 0.1) is 0 Å². The number of morpholine rings is 1. The Morgan fingerprint density at radius 2 is 1.80 bits per heavy atom. The van der Waals surface area contributed by atoms with Gasteiger partial charge in [-0.3, -0.25) is 4.79 Å². The van der Waals surface area contributed by atoms with Crippen molar-refractivity contribution in [1.82, 2.24) is 29.7 Å². The van der Waals surface area contributed by atoms with E-state index in [-0.39, 0.29) is 18.4 Å². The molecule has 0 saturated carbocycles. The number of nitrogen functional groups attached to an aromatic ring is 1. The number of ether oxygens (including phenoxy) is 1. The van der Waals surface area contributed by atoms with Crippen molar-refractivity contribution in [2.45, 2.75) is 0 Å². The number of nitrogens with zero attached hydrogens (tertiary/aromatic N) is 7. The van der Waals surface area contributed by atoms with E-state index < -0.39 is 0 Å². The minimum Gasteiger partial charge on any atom is -0.378 e. The van der Waals surface area contributed by atoms with Gasteiger partial charge in [0.25, 0.3) is 0 Å². The molecule has 2 aliphatic heterocycles. The number of nitrogens with one attached hydrogen (secondary N) is 1. The predicted molar refractivity (Wildman–Crippen MR) is 113 cm³/mol. The lowest BCUT2D eigenvalue weighted by atomic mass is 10.2. The quantitative estimate of drug-likeness (QED) is 0.665. The predicted octanol–water partition coefficient (Wildman–Crippen LogP) is -0.462. The minimum absolute atomic E-state index is 0.0620. The Bertz CT molecular complexity index is 863. The first-order valence-electron chi connectivity index (χ1n) is 10.1. The molecular formula is C19H27N9O2. The second kappa shape index (κ2) is 9.18. The van der Waals surface area contributed by atoms with Gasteiger partial charge in [-0.2, -0.15) is 4.98 Å². The molecule has 30 heavy (non-hydrogen) atoms. The number of nitrogens with two attached hydrogens (primary N) is 1. The van der Waals surface area contributed by atoms with Crippen molar-refractivity contribution >= 4 is 23.6 Å². The number of piperazine rings is 1. The van der Waals surface area contributed by atoms with Crippen LogP contribution in [0.15, 0.2) is 18.5 Å². The normalized spacial score (nSPS) is 17.8. The van der Waals surface area contributed by atoms with Crippen LogP contribution in [0.25, 0.3) is 11.3 Å². The summed E-state index contributed by atoms with van der Waals surface area (Å²) in [5.41, 5.74) is 7.01. The molecule has 2 saturated heterocycles. The molecule has 3 N–H and O–H groups in total. The van der Waals surface area contributed by atoms with Gasteiger partial charge in [0, 0.05) is 63.3 Å². The van der Waals surface area contributed by atoms with Crippen molar-refractivity contribution in [1.29, 1.82) is 0 Å². The van der Waals surface area contributed by atoms with Crippen LogP contribution in [0.1, 0.15) is 0 Å². The Hall–Kier alpha value is -3.05. The maximum Gasteiger partial charge on any atom is 0.242 e. The summed E-state index contributed by atoms with van der Waals surface area (Å²) in [7, 11) is 2.07. The molecule has 0 aromatic carbocycles. The Morgan fingerprint density at radius 1 is 1.10 bits per heavy atom. The Morgan fingerprint density at radius 3 is 2.50 bits per heavy atom. The van der Waals surface area contributed by atoms with Crippen molar-refractivity contribution < 1.29 is 9.53 Å². The van der Waals surface area contributed by atoms with Gasteiger partial charge in [0.15, 0.2) is 0 Å². The molecule has 4 rings (SSSR count). The molecule has 0 bridgehead atoms. The topological polar surface area (TPSA) is 126 Å². The largest absolute Gasteiger partial charge is 0.378 e.